The molecule has 8 nitrogen and oxygen atoms in total. The minimum absolute atomic E-state index is 0.115. The third-order valence-corrected chi connectivity index (χ3v) is 5.68. The summed E-state index contributed by atoms with van der Waals surface area (Å²) in [6, 6.07) is 11.0. The fraction of sp³-hybridized carbons (Fsp3) is 0.217. The number of halogens is 3. The van der Waals surface area contributed by atoms with Crippen molar-refractivity contribution in [2.75, 3.05) is 17.2 Å². The highest BCUT2D eigenvalue weighted by atomic mass is 32.1. The number of para-hydroxylation sites is 1. The molecule has 1 amide bonds. The van der Waals surface area contributed by atoms with Gasteiger partial charge in [0.25, 0.3) is 0 Å². The van der Waals surface area contributed by atoms with Crippen molar-refractivity contribution in [2.24, 2.45) is 0 Å². The Hall–Kier alpha value is -3.77. The molecule has 0 saturated carbocycles. The first kappa shape index (κ1) is 24.4. The molecular weight excluding hydrogens is 483 g/mol. The van der Waals surface area contributed by atoms with E-state index < -0.39 is 11.7 Å². The van der Waals surface area contributed by atoms with Crippen molar-refractivity contribution < 1.29 is 27.8 Å². The molecule has 0 radical (unpaired) electrons. The summed E-state index contributed by atoms with van der Waals surface area (Å²) >= 11 is 1.28. The summed E-state index contributed by atoms with van der Waals surface area (Å²) in [6.45, 7) is 2.91. The fourth-order valence-electron chi connectivity index (χ4n) is 3.11. The van der Waals surface area contributed by atoms with E-state index in [0.717, 1.165) is 16.8 Å². The molecule has 2 aromatic heterocycles. The minimum atomic E-state index is -4.45. The van der Waals surface area contributed by atoms with Crippen molar-refractivity contribution in [2.45, 2.75) is 26.1 Å². The van der Waals surface area contributed by atoms with Crippen molar-refractivity contribution in [1.82, 2.24) is 15.0 Å². The Bertz CT molecular complexity index is 1360. The van der Waals surface area contributed by atoms with Crippen molar-refractivity contribution >= 4 is 38.5 Å². The van der Waals surface area contributed by atoms with Crippen LogP contribution in [0.5, 0.6) is 11.6 Å². The molecule has 4 aromatic rings. The van der Waals surface area contributed by atoms with Gasteiger partial charge in [0.15, 0.2) is 10.9 Å². The van der Waals surface area contributed by atoms with E-state index in [-0.39, 0.29) is 30.4 Å². The average molecular weight is 504 g/mol. The maximum Gasteiger partial charge on any atom is 0.416 e. The lowest BCUT2D eigenvalue weighted by Crippen LogP contribution is -2.21. The predicted octanol–water partition coefficient (Wildman–Crippen LogP) is 5.32. The molecule has 0 aliphatic rings. The van der Waals surface area contributed by atoms with Crippen molar-refractivity contribution in [3.63, 3.8) is 0 Å². The number of hydrogen-bond acceptors (Lipinski definition) is 8. The minimum Gasteiger partial charge on any atom is -0.437 e. The second kappa shape index (κ2) is 9.84. The summed E-state index contributed by atoms with van der Waals surface area (Å²) in [6.07, 6.45) is -4.45. The molecule has 12 heteroatoms. The van der Waals surface area contributed by atoms with Crippen LogP contribution in [-0.4, -0.2) is 38.6 Å². The van der Waals surface area contributed by atoms with Gasteiger partial charge in [0.2, 0.25) is 17.7 Å². The molecule has 2 heterocycles. The lowest BCUT2D eigenvalue weighted by molar-refractivity contribution is -0.137. The summed E-state index contributed by atoms with van der Waals surface area (Å²) in [5, 5.41) is 15.4. The van der Waals surface area contributed by atoms with Crippen LogP contribution in [-0.2, 0) is 11.0 Å². The van der Waals surface area contributed by atoms with Gasteiger partial charge in [0.05, 0.1) is 22.6 Å². The number of aliphatic hydroxyl groups is 1. The van der Waals surface area contributed by atoms with E-state index in [2.05, 4.69) is 25.6 Å². The molecule has 0 fully saturated rings. The number of ether oxygens (including phenoxy) is 1. The molecule has 3 N–H and O–H groups in total. The molecule has 0 spiro atoms. The van der Waals surface area contributed by atoms with Crippen LogP contribution in [0.2, 0.25) is 0 Å². The molecule has 2 aromatic carbocycles. The molecule has 0 aliphatic carbocycles. The first-order valence-corrected chi connectivity index (χ1v) is 11.2. The number of aliphatic hydroxyl groups excluding tert-OH is 1. The number of nitrogens with one attached hydrogen (secondary N) is 2. The van der Waals surface area contributed by atoms with Gasteiger partial charge in [0, 0.05) is 24.6 Å². The Balaban J connectivity index is 1.72. The Morgan fingerprint density at radius 1 is 1.14 bits per heavy atom. The van der Waals surface area contributed by atoms with Crippen molar-refractivity contribution in [3.8, 4) is 22.9 Å². The van der Waals surface area contributed by atoms with E-state index in [4.69, 9.17) is 4.74 Å². The summed E-state index contributed by atoms with van der Waals surface area (Å²) < 4.78 is 45.7. The number of fused-ring (bicyclic) bond motifs is 1. The van der Waals surface area contributed by atoms with Crippen LogP contribution in [0.1, 0.15) is 19.4 Å². The maximum atomic E-state index is 13.0. The van der Waals surface area contributed by atoms with E-state index >= 15 is 0 Å². The highest BCUT2D eigenvalue weighted by Crippen LogP contribution is 2.36. The van der Waals surface area contributed by atoms with Crippen LogP contribution in [0.3, 0.4) is 0 Å². The standard InChI is InChI=1S/C23H20F3N5O3S/c1-12(11-32)27-21-29-16(14-6-8-15(9-7-14)23(24,25)26)10-19(30-21)34-17-4-3-5-18-20(17)31-22(35-18)28-13(2)33/h3-10,12,32H,11H2,1-2H3,(H,27,29,30)(H,28,31,33)/t12-/m0/s1. The number of anilines is 2. The Kier molecular flexibility index (Phi) is 6.85. The van der Waals surface area contributed by atoms with Gasteiger partial charge in [-0.2, -0.15) is 18.2 Å². The lowest BCUT2D eigenvalue weighted by atomic mass is 10.1. The largest absolute Gasteiger partial charge is 0.437 e. The fourth-order valence-corrected chi connectivity index (χ4v) is 4.04. The third-order valence-electron chi connectivity index (χ3n) is 4.74. The van der Waals surface area contributed by atoms with Crippen LogP contribution in [0.4, 0.5) is 24.3 Å². The zero-order chi connectivity index (χ0) is 25.2. The van der Waals surface area contributed by atoms with E-state index in [9.17, 15) is 23.1 Å². The third kappa shape index (κ3) is 5.84. The topological polar surface area (TPSA) is 109 Å². The predicted molar refractivity (Wildman–Crippen MR) is 127 cm³/mol. The van der Waals surface area contributed by atoms with Gasteiger partial charge in [-0.05, 0) is 31.2 Å². The van der Waals surface area contributed by atoms with Crippen LogP contribution < -0.4 is 15.4 Å². The number of carbonyl (C=O) groups is 1. The molecule has 1 atom stereocenters. The van der Waals surface area contributed by atoms with Crippen LogP contribution >= 0.6 is 11.3 Å². The normalized spacial score (nSPS) is 12.4. The van der Waals surface area contributed by atoms with Crippen LogP contribution in [0.25, 0.3) is 21.5 Å². The quantitative estimate of drug-likeness (QED) is 0.313. The number of carbonyl (C=O) groups excluding carboxylic acids is 1. The number of alkyl halides is 3. The Labute approximate surface area is 201 Å². The second-order valence-electron chi connectivity index (χ2n) is 7.62. The Morgan fingerprint density at radius 3 is 2.54 bits per heavy atom. The highest BCUT2D eigenvalue weighted by Gasteiger charge is 2.30. The molecule has 4 rings (SSSR count). The number of nitrogens with zero attached hydrogens (tertiary/aromatic N) is 3. The van der Waals surface area contributed by atoms with Gasteiger partial charge in [0.1, 0.15) is 5.52 Å². The summed E-state index contributed by atoms with van der Waals surface area (Å²) in [4.78, 5) is 24.5. The number of thiazole rings is 1. The zero-order valence-corrected chi connectivity index (χ0v) is 19.4. The van der Waals surface area contributed by atoms with Crippen molar-refractivity contribution in [1.29, 1.82) is 0 Å². The monoisotopic (exact) mass is 503 g/mol. The van der Waals surface area contributed by atoms with Crippen LogP contribution in [0.15, 0.2) is 48.5 Å². The first-order valence-electron chi connectivity index (χ1n) is 10.4. The van der Waals surface area contributed by atoms with E-state index in [1.54, 1.807) is 19.1 Å². The highest BCUT2D eigenvalue weighted by molar-refractivity contribution is 7.22. The average Bonchev–Trinajstić information content (AvgIpc) is 3.21. The molecule has 0 aliphatic heterocycles. The van der Waals surface area contributed by atoms with E-state index in [0.29, 0.717) is 27.7 Å². The molecule has 0 unspecified atom stereocenters. The molecule has 182 valence electrons. The molecule has 0 bridgehead atoms. The number of rotatable bonds is 7. The van der Waals surface area contributed by atoms with E-state index in [1.165, 1.54) is 36.5 Å². The molecular formula is C23H20F3N5O3S. The Morgan fingerprint density at radius 2 is 1.89 bits per heavy atom. The van der Waals surface area contributed by atoms with Gasteiger partial charge < -0.3 is 20.5 Å². The number of aromatic nitrogens is 3. The van der Waals surface area contributed by atoms with Gasteiger partial charge in [-0.25, -0.2) is 9.97 Å². The number of amides is 1. The zero-order valence-electron chi connectivity index (χ0n) is 18.6. The second-order valence-corrected chi connectivity index (χ2v) is 8.65. The maximum absolute atomic E-state index is 13.0. The van der Waals surface area contributed by atoms with Gasteiger partial charge in [-0.15, -0.1) is 0 Å². The van der Waals surface area contributed by atoms with E-state index in [1.807, 2.05) is 6.07 Å². The summed E-state index contributed by atoms with van der Waals surface area (Å²) in [5.74, 6) is 0.359. The lowest BCUT2D eigenvalue weighted by Gasteiger charge is -2.14. The van der Waals surface area contributed by atoms with Gasteiger partial charge in [-0.3, -0.25) is 4.79 Å². The van der Waals surface area contributed by atoms with Crippen molar-refractivity contribution in [3.05, 3.63) is 54.1 Å². The number of benzene rings is 2. The summed E-state index contributed by atoms with van der Waals surface area (Å²) in [7, 11) is 0. The van der Waals surface area contributed by atoms with Gasteiger partial charge in [-0.1, -0.05) is 29.5 Å². The SMILES string of the molecule is CC(=O)Nc1nc2c(Oc3cc(-c4ccc(C(F)(F)F)cc4)nc(N[C@@H](C)CO)n3)cccc2s1. The smallest absolute Gasteiger partial charge is 0.416 e. The van der Waals surface area contributed by atoms with Crippen LogP contribution in [0, 0.1) is 0 Å². The molecule has 35 heavy (non-hydrogen) atoms. The molecule has 0 saturated heterocycles. The number of hydrogen-bond donors (Lipinski definition) is 3. The van der Waals surface area contributed by atoms with Gasteiger partial charge >= 0.3 is 6.18 Å². The first-order chi connectivity index (χ1) is 16.6. The summed E-state index contributed by atoms with van der Waals surface area (Å²) in [5.41, 5.74) is 0.476.